The first-order chi connectivity index (χ1) is 8.43. The van der Waals surface area contributed by atoms with Gasteiger partial charge in [-0.2, -0.15) is 5.10 Å². The lowest BCUT2D eigenvalue weighted by molar-refractivity contribution is -0.141. The molecule has 100 valence electrons. The van der Waals surface area contributed by atoms with Gasteiger partial charge in [0.05, 0.1) is 5.92 Å². The Morgan fingerprint density at radius 2 is 2.28 bits per heavy atom. The molecule has 0 aliphatic heterocycles. The molecule has 0 saturated heterocycles. The van der Waals surface area contributed by atoms with Gasteiger partial charge in [-0.15, -0.1) is 0 Å². The molecule has 0 bridgehead atoms. The SMILES string of the molecule is CCn1ccc(NC(=O)N(C)CC(C)C(=O)O)n1. The minimum absolute atomic E-state index is 0.148. The van der Waals surface area contributed by atoms with Crippen LogP contribution in [0.25, 0.3) is 0 Å². The maximum absolute atomic E-state index is 11.7. The molecule has 0 fully saturated rings. The molecular weight excluding hydrogens is 236 g/mol. The number of amides is 2. The van der Waals surface area contributed by atoms with Gasteiger partial charge in [-0.1, -0.05) is 6.92 Å². The van der Waals surface area contributed by atoms with Gasteiger partial charge in [-0.25, -0.2) is 4.79 Å². The number of aromatic nitrogens is 2. The first-order valence-electron chi connectivity index (χ1n) is 5.72. The van der Waals surface area contributed by atoms with Crippen molar-refractivity contribution in [2.24, 2.45) is 5.92 Å². The van der Waals surface area contributed by atoms with Crippen molar-refractivity contribution >= 4 is 17.8 Å². The van der Waals surface area contributed by atoms with E-state index in [9.17, 15) is 9.59 Å². The van der Waals surface area contributed by atoms with Crippen molar-refractivity contribution in [3.63, 3.8) is 0 Å². The van der Waals surface area contributed by atoms with E-state index in [0.717, 1.165) is 6.54 Å². The van der Waals surface area contributed by atoms with E-state index < -0.39 is 11.9 Å². The zero-order valence-electron chi connectivity index (χ0n) is 10.8. The van der Waals surface area contributed by atoms with E-state index in [1.54, 1.807) is 30.9 Å². The number of anilines is 1. The molecule has 0 aliphatic carbocycles. The highest BCUT2D eigenvalue weighted by Crippen LogP contribution is 2.05. The average Bonchev–Trinajstić information content (AvgIpc) is 2.76. The Hall–Kier alpha value is -2.05. The van der Waals surface area contributed by atoms with Gasteiger partial charge >= 0.3 is 12.0 Å². The molecule has 0 radical (unpaired) electrons. The summed E-state index contributed by atoms with van der Waals surface area (Å²) in [5, 5.41) is 15.5. The zero-order valence-corrected chi connectivity index (χ0v) is 10.8. The molecule has 7 heteroatoms. The fourth-order valence-corrected chi connectivity index (χ4v) is 1.38. The number of urea groups is 1. The highest BCUT2D eigenvalue weighted by molar-refractivity contribution is 5.88. The predicted octanol–water partition coefficient (Wildman–Crippen LogP) is 1.09. The van der Waals surface area contributed by atoms with Crippen molar-refractivity contribution in [2.75, 3.05) is 18.9 Å². The molecular formula is C11H18N4O3. The van der Waals surface area contributed by atoms with E-state index in [0.29, 0.717) is 5.82 Å². The van der Waals surface area contributed by atoms with Crippen LogP contribution in [0.5, 0.6) is 0 Å². The molecule has 2 amide bonds. The quantitative estimate of drug-likeness (QED) is 0.823. The van der Waals surface area contributed by atoms with Crippen molar-refractivity contribution in [2.45, 2.75) is 20.4 Å². The van der Waals surface area contributed by atoms with Crippen molar-refractivity contribution < 1.29 is 14.7 Å². The molecule has 7 nitrogen and oxygen atoms in total. The molecule has 0 aromatic carbocycles. The number of nitrogens with one attached hydrogen (secondary N) is 1. The molecule has 1 atom stereocenters. The number of hydrogen-bond acceptors (Lipinski definition) is 3. The molecule has 0 aliphatic rings. The Bertz CT molecular complexity index is 430. The van der Waals surface area contributed by atoms with Gasteiger partial charge in [0.2, 0.25) is 0 Å². The number of hydrogen-bond donors (Lipinski definition) is 2. The third kappa shape index (κ3) is 3.76. The Kier molecular flexibility index (Phi) is 4.70. The number of carboxylic acid groups (broad SMARTS) is 1. The summed E-state index contributed by atoms with van der Waals surface area (Å²) in [6.07, 6.45) is 1.76. The minimum Gasteiger partial charge on any atom is -0.481 e. The summed E-state index contributed by atoms with van der Waals surface area (Å²) in [6, 6.07) is 1.32. The largest absolute Gasteiger partial charge is 0.481 e. The van der Waals surface area contributed by atoms with Gasteiger partial charge in [-0.3, -0.25) is 14.8 Å². The molecule has 18 heavy (non-hydrogen) atoms. The molecule has 1 aromatic heterocycles. The van der Waals surface area contributed by atoms with Gasteiger partial charge in [0, 0.05) is 32.4 Å². The monoisotopic (exact) mass is 254 g/mol. The fourth-order valence-electron chi connectivity index (χ4n) is 1.38. The number of nitrogens with zero attached hydrogens (tertiary/aromatic N) is 3. The van der Waals surface area contributed by atoms with Crippen LogP contribution in [0.15, 0.2) is 12.3 Å². The van der Waals surface area contributed by atoms with Gasteiger partial charge < -0.3 is 10.0 Å². The number of carbonyl (C=O) groups is 2. The van der Waals surface area contributed by atoms with Crippen LogP contribution >= 0.6 is 0 Å². The van der Waals surface area contributed by atoms with Gasteiger partial charge in [-0.05, 0) is 6.92 Å². The lowest BCUT2D eigenvalue weighted by Crippen LogP contribution is -2.36. The summed E-state index contributed by atoms with van der Waals surface area (Å²) in [7, 11) is 1.55. The maximum Gasteiger partial charge on any atom is 0.322 e. The van der Waals surface area contributed by atoms with Crippen LogP contribution < -0.4 is 5.32 Å². The normalized spacial score (nSPS) is 11.9. The van der Waals surface area contributed by atoms with E-state index in [1.165, 1.54) is 4.90 Å². The molecule has 1 aromatic rings. The molecule has 1 rings (SSSR count). The number of aryl methyl sites for hydroxylation is 1. The van der Waals surface area contributed by atoms with E-state index in [1.807, 2.05) is 6.92 Å². The molecule has 1 unspecified atom stereocenters. The molecule has 2 N–H and O–H groups in total. The van der Waals surface area contributed by atoms with Crippen molar-refractivity contribution in [1.29, 1.82) is 0 Å². The predicted molar refractivity (Wildman–Crippen MR) is 66.3 cm³/mol. The van der Waals surface area contributed by atoms with E-state index in [2.05, 4.69) is 10.4 Å². The topological polar surface area (TPSA) is 87.5 Å². The highest BCUT2D eigenvalue weighted by Gasteiger charge is 2.17. The maximum atomic E-state index is 11.7. The van der Waals surface area contributed by atoms with Crippen LogP contribution in [-0.4, -0.2) is 45.4 Å². The lowest BCUT2D eigenvalue weighted by Gasteiger charge is -2.19. The van der Waals surface area contributed by atoms with Crippen molar-refractivity contribution in [3.8, 4) is 0 Å². The van der Waals surface area contributed by atoms with Crippen LogP contribution in [0.1, 0.15) is 13.8 Å². The summed E-state index contributed by atoms with van der Waals surface area (Å²) < 4.78 is 1.69. The first-order valence-corrected chi connectivity index (χ1v) is 5.72. The summed E-state index contributed by atoms with van der Waals surface area (Å²) in [5.74, 6) is -1.07. The first kappa shape index (κ1) is 14.0. The van der Waals surface area contributed by atoms with Crippen LogP contribution in [0, 0.1) is 5.92 Å². The van der Waals surface area contributed by atoms with Crippen LogP contribution in [0.3, 0.4) is 0 Å². The summed E-state index contributed by atoms with van der Waals surface area (Å²) in [6.45, 7) is 4.37. The average molecular weight is 254 g/mol. The second-order valence-electron chi connectivity index (χ2n) is 4.11. The number of rotatable bonds is 5. The van der Waals surface area contributed by atoms with Gasteiger partial charge in [0.25, 0.3) is 0 Å². The summed E-state index contributed by atoms with van der Waals surface area (Å²) in [5.41, 5.74) is 0. The van der Waals surface area contributed by atoms with Gasteiger partial charge in [0.15, 0.2) is 5.82 Å². The van der Waals surface area contributed by atoms with Crippen molar-refractivity contribution in [3.05, 3.63) is 12.3 Å². The van der Waals surface area contributed by atoms with Crippen LogP contribution in [-0.2, 0) is 11.3 Å². The lowest BCUT2D eigenvalue weighted by atomic mass is 10.2. The van der Waals surface area contributed by atoms with E-state index in [-0.39, 0.29) is 12.6 Å². The smallest absolute Gasteiger partial charge is 0.322 e. The second-order valence-corrected chi connectivity index (χ2v) is 4.11. The Morgan fingerprint density at radius 1 is 1.61 bits per heavy atom. The number of aliphatic carboxylic acids is 1. The zero-order chi connectivity index (χ0) is 13.7. The van der Waals surface area contributed by atoms with Gasteiger partial charge in [0.1, 0.15) is 0 Å². The highest BCUT2D eigenvalue weighted by atomic mass is 16.4. The molecule has 0 spiro atoms. The van der Waals surface area contributed by atoms with Crippen LogP contribution in [0.2, 0.25) is 0 Å². The minimum atomic E-state index is -0.926. The fraction of sp³-hybridized carbons (Fsp3) is 0.545. The van der Waals surface area contributed by atoms with E-state index in [4.69, 9.17) is 5.11 Å². The second kappa shape index (κ2) is 6.04. The summed E-state index contributed by atoms with van der Waals surface area (Å²) in [4.78, 5) is 23.7. The third-order valence-electron chi connectivity index (χ3n) is 2.52. The number of carbonyl (C=O) groups excluding carboxylic acids is 1. The van der Waals surface area contributed by atoms with E-state index >= 15 is 0 Å². The number of carboxylic acids is 1. The standard InChI is InChI=1S/C11H18N4O3/c1-4-15-6-5-9(13-15)12-11(18)14(3)7-8(2)10(16)17/h5-6,8H,4,7H2,1-3H3,(H,16,17)(H,12,13,18). The van der Waals surface area contributed by atoms with Crippen molar-refractivity contribution in [1.82, 2.24) is 14.7 Å². The Labute approximate surface area is 105 Å². The van der Waals surface area contributed by atoms with Crippen LogP contribution in [0.4, 0.5) is 10.6 Å². The summed E-state index contributed by atoms with van der Waals surface area (Å²) >= 11 is 0. The molecule has 0 saturated carbocycles. The Balaban J connectivity index is 2.51. The third-order valence-corrected chi connectivity index (χ3v) is 2.52. The Morgan fingerprint density at radius 3 is 2.78 bits per heavy atom. The molecule has 1 heterocycles.